The molecule has 1 atom stereocenters. The van der Waals surface area contributed by atoms with Gasteiger partial charge in [-0.1, -0.05) is 60.7 Å². The van der Waals surface area contributed by atoms with Gasteiger partial charge in [0.05, 0.1) is 12.7 Å². The number of nitrogens with zero attached hydrogens (tertiary/aromatic N) is 1. The first kappa shape index (κ1) is 13.3. The molecule has 2 heteroatoms. The largest absolute Gasteiger partial charge is 0.373 e. The van der Waals surface area contributed by atoms with Crippen molar-refractivity contribution in [2.75, 3.05) is 13.2 Å². The molecule has 0 bridgehead atoms. The van der Waals surface area contributed by atoms with E-state index in [1.165, 1.54) is 11.1 Å². The Morgan fingerprint density at radius 2 is 1.35 bits per heavy atom. The fourth-order valence-electron chi connectivity index (χ4n) is 2.46. The smallest absolute Gasteiger partial charge is 0.0822 e. The topological polar surface area (TPSA) is 15.8 Å². The van der Waals surface area contributed by atoms with Crippen molar-refractivity contribution in [3.05, 3.63) is 71.8 Å². The Bertz CT molecular complexity index is 466. The van der Waals surface area contributed by atoms with Gasteiger partial charge in [-0.25, -0.2) is 0 Å². The standard InChI is InChI=1S/C18H21NO/c1-3-7-16(8-4-1)13-19(12-11-18-15-20-18)14-17-9-5-2-6-10-17/h1-10,18H,11-15H2. The highest BCUT2D eigenvalue weighted by molar-refractivity contribution is 5.17. The molecule has 0 radical (unpaired) electrons. The molecule has 1 aliphatic heterocycles. The number of ether oxygens (including phenoxy) is 1. The molecule has 0 amide bonds. The van der Waals surface area contributed by atoms with E-state index in [-0.39, 0.29) is 0 Å². The van der Waals surface area contributed by atoms with Gasteiger partial charge >= 0.3 is 0 Å². The van der Waals surface area contributed by atoms with E-state index in [2.05, 4.69) is 65.6 Å². The third kappa shape index (κ3) is 4.19. The first-order valence-electron chi connectivity index (χ1n) is 7.32. The van der Waals surface area contributed by atoms with Gasteiger partial charge in [-0.3, -0.25) is 4.90 Å². The monoisotopic (exact) mass is 267 g/mol. The van der Waals surface area contributed by atoms with E-state index in [0.29, 0.717) is 6.10 Å². The second-order valence-electron chi connectivity index (χ2n) is 5.43. The number of epoxide rings is 1. The van der Waals surface area contributed by atoms with Crippen LogP contribution in [0.25, 0.3) is 0 Å². The van der Waals surface area contributed by atoms with Gasteiger partial charge in [-0.05, 0) is 17.5 Å². The maximum absolute atomic E-state index is 5.33. The summed E-state index contributed by atoms with van der Waals surface area (Å²) in [4.78, 5) is 2.51. The highest BCUT2D eigenvalue weighted by Gasteiger charge is 2.22. The summed E-state index contributed by atoms with van der Waals surface area (Å²) in [6, 6.07) is 21.4. The van der Waals surface area contributed by atoms with Crippen LogP contribution in [-0.2, 0) is 17.8 Å². The van der Waals surface area contributed by atoms with Crippen LogP contribution in [0.1, 0.15) is 17.5 Å². The van der Waals surface area contributed by atoms with E-state index in [1.807, 2.05) is 0 Å². The Morgan fingerprint density at radius 1 is 0.850 bits per heavy atom. The van der Waals surface area contributed by atoms with Gasteiger partial charge in [-0.2, -0.15) is 0 Å². The van der Waals surface area contributed by atoms with Gasteiger partial charge in [0.25, 0.3) is 0 Å². The summed E-state index contributed by atoms with van der Waals surface area (Å²) in [7, 11) is 0. The lowest BCUT2D eigenvalue weighted by Gasteiger charge is -2.22. The summed E-state index contributed by atoms with van der Waals surface area (Å²) < 4.78 is 5.33. The summed E-state index contributed by atoms with van der Waals surface area (Å²) in [5.41, 5.74) is 2.75. The molecule has 0 aromatic heterocycles. The molecule has 1 saturated heterocycles. The summed E-state index contributed by atoms with van der Waals surface area (Å²) in [5, 5.41) is 0. The molecule has 0 N–H and O–H groups in total. The van der Waals surface area contributed by atoms with E-state index < -0.39 is 0 Å². The fraction of sp³-hybridized carbons (Fsp3) is 0.333. The third-order valence-corrected chi connectivity index (χ3v) is 3.67. The minimum atomic E-state index is 0.504. The van der Waals surface area contributed by atoms with Gasteiger partial charge in [0.1, 0.15) is 0 Å². The molecule has 1 aliphatic rings. The molecule has 1 heterocycles. The average molecular weight is 267 g/mol. The summed E-state index contributed by atoms with van der Waals surface area (Å²) in [6.07, 6.45) is 1.64. The van der Waals surface area contributed by atoms with Crippen LogP contribution < -0.4 is 0 Å². The van der Waals surface area contributed by atoms with Crippen LogP contribution in [-0.4, -0.2) is 24.2 Å². The van der Waals surface area contributed by atoms with E-state index in [1.54, 1.807) is 0 Å². The predicted octanol–water partition coefficient (Wildman–Crippen LogP) is 3.48. The van der Waals surface area contributed by atoms with E-state index in [9.17, 15) is 0 Å². The maximum atomic E-state index is 5.33. The highest BCUT2D eigenvalue weighted by Crippen LogP contribution is 2.16. The van der Waals surface area contributed by atoms with Gasteiger partial charge < -0.3 is 4.74 Å². The van der Waals surface area contributed by atoms with Gasteiger partial charge in [-0.15, -0.1) is 0 Å². The Morgan fingerprint density at radius 3 is 1.80 bits per heavy atom. The van der Waals surface area contributed by atoms with Crippen LogP contribution in [0.4, 0.5) is 0 Å². The van der Waals surface area contributed by atoms with E-state index in [4.69, 9.17) is 4.74 Å². The number of hydrogen-bond donors (Lipinski definition) is 0. The normalized spacial score (nSPS) is 17.4. The fourth-order valence-corrected chi connectivity index (χ4v) is 2.46. The molecule has 0 aliphatic carbocycles. The SMILES string of the molecule is c1ccc(CN(CCC2CO2)Cc2ccccc2)cc1. The zero-order valence-electron chi connectivity index (χ0n) is 11.7. The van der Waals surface area contributed by atoms with Gasteiger partial charge in [0.15, 0.2) is 0 Å². The van der Waals surface area contributed by atoms with Crippen LogP contribution in [0.3, 0.4) is 0 Å². The quantitative estimate of drug-likeness (QED) is 0.714. The number of rotatable bonds is 7. The van der Waals surface area contributed by atoms with Crippen molar-refractivity contribution in [2.45, 2.75) is 25.6 Å². The van der Waals surface area contributed by atoms with Crippen LogP contribution >= 0.6 is 0 Å². The molecule has 2 nitrogen and oxygen atoms in total. The van der Waals surface area contributed by atoms with E-state index in [0.717, 1.165) is 32.7 Å². The van der Waals surface area contributed by atoms with Crippen LogP contribution in [0.2, 0.25) is 0 Å². The Kier molecular flexibility index (Phi) is 4.46. The Hall–Kier alpha value is -1.64. The molecule has 0 spiro atoms. The van der Waals surface area contributed by atoms with Gasteiger partial charge in [0.2, 0.25) is 0 Å². The summed E-state index contributed by atoms with van der Waals surface area (Å²) in [6.45, 7) is 4.05. The number of benzene rings is 2. The van der Waals surface area contributed by atoms with Gasteiger partial charge in [0, 0.05) is 19.6 Å². The van der Waals surface area contributed by atoms with Crippen molar-refractivity contribution in [1.29, 1.82) is 0 Å². The van der Waals surface area contributed by atoms with Crippen LogP contribution in [0.15, 0.2) is 60.7 Å². The Balaban J connectivity index is 1.63. The first-order valence-corrected chi connectivity index (χ1v) is 7.32. The van der Waals surface area contributed by atoms with Crippen molar-refractivity contribution in [3.63, 3.8) is 0 Å². The van der Waals surface area contributed by atoms with Crippen molar-refractivity contribution in [3.8, 4) is 0 Å². The minimum absolute atomic E-state index is 0.504. The lowest BCUT2D eigenvalue weighted by Crippen LogP contribution is -2.25. The second kappa shape index (κ2) is 6.69. The molecular formula is C18H21NO. The molecule has 104 valence electrons. The molecule has 1 unspecified atom stereocenters. The van der Waals surface area contributed by atoms with Crippen molar-refractivity contribution in [1.82, 2.24) is 4.90 Å². The maximum Gasteiger partial charge on any atom is 0.0822 e. The first-order chi connectivity index (χ1) is 9.90. The third-order valence-electron chi connectivity index (χ3n) is 3.67. The molecule has 2 aromatic rings. The lowest BCUT2D eigenvalue weighted by atomic mass is 10.1. The van der Waals surface area contributed by atoms with Crippen molar-refractivity contribution >= 4 is 0 Å². The minimum Gasteiger partial charge on any atom is -0.373 e. The number of hydrogen-bond acceptors (Lipinski definition) is 2. The zero-order chi connectivity index (χ0) is 13.6. The molecular weight excluding hydrogens is 246 g/mol. The molecule has 3 rings (SSSR count). The lowest BCUT2D eigenvalue weighted by molar-refractivity contribution is 0.240. The highest BCUT2D eigenvalue weighted by atomic mass is 16.6. The molecule has 2 aromatic carbocycles. The summed E-state index contributed by atoms with van der Waals surface area (Å²) in [5.74, 6) is 0. The molecule has 1 fully saturated rings. The zero-order valence-corrected chi connectivity index (χ0v) is 11.7. The van der Waals surface area contributed by atoms with Crippen LogP contribution in [0, 0.1) is 0 Å². The summed E-state index contributed by atoms with van der Waals surface area (Å²) >= 11 is 0. The predicted molar refractivity (Wildman–Crippen MR) is 81.4 cm³/mol. The van der Waals surface area contributed by atoms with Crippen LogP contribution in [0.5, 0.6) is 0 Å². The second-order valence-corrected chi connectivity index (χ2v) is 5.43. The van der Waals surface area contributed by atoms with Crippen molar-refractivity contribution in [2.24, 2.45) is 0 Å². The van der Waals surface area contributed by atoms with Crippen molar-refractivity contribution < 1.29 is 4.74 Å². The average Bonchev–Trinajstić information content (AvgIpc) is 3.31. The molecule has 20 heavy (non-hydrogen) atoms. The Labute approximate surface area is 121 Å². The molecule has 0 saturated carbocycles. The van der Waals surface area contributed by atoms with E-state index >= 15 is 0 Å².